The smallest absolute Gasteiger partial charge is 0.378 e. The zero-order valence-corrected chi connectivity index (χ0v) is 7.56. The third-order valence-electron chi connectivity index (χ3n) is 1.97. The first-order valence-corrected chi connectivity index (χ1v) is 4.39. The van der Waals surface area contributed by atoms with Crippen molar-refractivity contribution in [2.75, 3.05) is 19.8 Å². The molecule has 1 atom stereocenters. The summed E-state index contributed by atoms with van der Waals surface area (Å²) in [6, 6.07) is -0.564. The van der Waals surface area contributed by atoms with Crippen LogP contribution in [0.1, 0.15) is 12.8 Å². The first-order valence-electron chi connectivity index (χ1n) is 4.39. The fraction of sp³-hybridized carbons (Fsp3) is 0.875. The van der Waals surface area contributed by atoms with Gasteiger partial charge in [-0.2, -0.15) is 13.2 Å². The highest BCUT2D eigenvalue weighted by Crippen LogP contribution is 2.21. The summed E-state index contributed by atoms with van der Waals surface area (Å²) in [4.78, 5) is 11.2. The number of halogens is 3. The summed E-state index contributed by atoms with van der Waals surface area (Å²) in [6.07, 6.45) is -5.78. The minimum absolute atomic E-state index is 0.177. The molecule has 1 aliphatic rings. The second kappa shape index (κ2) is 4.75. The number of rotatable bonds is 3. The molecule has 1 fully saturated rings. The van der Waals surface area contributed by atoms with Gasteiger partial charge in [0, 0.05) is 13.0 Å². The van der Waals surface area contributed by atoms with Crippen molar-refractivity contribution in [2.24, 2.45) is 0 Å². The quantitative estimate of drug-likeness (QED) is 0.753. The molecule has 0 saturated carbocycles. The van der Waals surface area contributed by atoms with Crippen molar-refractivity contribution in [3.8, 4) is 0 Å². The lowest BCUT2D eigenvalue weighted by atomic mass is 10.1. The third-order valence-corrected chi connectivity index (χ3v) is 1.97. The fourth-order valence-electron chi connectivity index (χ4n) is 1.21. The molecule has 6 heteroatoms. The highest BCUT2D eigenvalue weighted by Gasteiger charge is 2.30. The van der Waals surface area contributed by atoms with Gasteiger partial charge in [0.1, 0.15) is 0 Å². The number of Topliss-reactive ketones (excluding diaryl/α,β-unsaturated/α-hetero) is 1. The molecule has 1 rings (SSSR count). The van der Waals surface area contributed by atoms with Crippen LogP contribution in [0.5, 0.6) is 0 Å². The Kier molecular flexibility index (Phi) is 3.88. The first kappa shape index (κ1) is 11.5. The second-order valence-electron chi connectivity index (χ2n) is 3.16. The van der Waals surface area contributed by atoms with Gasteiger partial charge in [-0.15, -0.1) is 0 Å². The molecule has 3 nitrogen and oxygen atoms in total. The number of carbonyl (C=O) groups excluding carboxylic acids is 1. The van der Waals surface area contributed by atoms with Gasteiger partial charge < -0.3 is 10.1 Å². The SMILES string of the molecule is O=C(CCC(F)(F)F)C1COCCN1. The van der Waals surface area contributed by atoms with Gasteiger partial charge in [0.25, 0.3) is 0 Å². The molecule has 1 aliphatic heterocycles. The van der Waals surface area contributed by atoms with Crippen LogP contribution < -0.4 is 5.32 Å². The van der Waals surface area contributed by atoms with Gasteiger partial charge in [0.05, 0.1) is 25.7 Å². The molecule has 0 bridgehead atoms. The van der Waals surface area contributed by atoms with Crippen LogP contribution in [0.4, 0.5) is 13.2 Å². The summed E-state index contributed by atoms with van der Waals surface area (Å²) in [5, 5.41) is 2.81. The zero-order chi connectivity index (χ0) is 10.6. The Morgan fingerprint density at radius 1 is 1.50 bits per heavy atom. The van der Waals surface area contributed by atoms with E-state index in [2.05, 4.69) is 5.32 Å². The maximum absolute atomic E-state index is 11.8. The van der Waals surface area contributed by atoms with Crippen LogP contribution in [-0.4, -0.2) is 37.8 Å². The van der Waals surface area contributed by atoms with E-state index >= 15 is 0 Å². The van der Waals surface area contributed by atoms with Gasteiger partial charge in [-0.25, -0.2) is 0 Å². The van der Waals surface area contributed by atoms with Crippen LogP contribution in [0.3, 0.4) is 0 Å². The number of morpholine rings is 1. The fourth-order valence-corrected chi connectivity index (χ4v) is 1.21. The Hall–Kier alpha value is -0.620. The number of alkyl halides is 3. The molecule has 0 aromatic heterocycles. The molecular weight excluding hydrogens is 199 g/mol. The molecule has 0 aromatic rings. The van der Waals surface area contributed by atoms with E-state index in [9.17, 15) is 18.0 Å². The Morgan fingerprint density at radius 3 is 2.71 bits per heavy atom. The van der Waals surface area contributed by atoms with Crippen molar-refractivity contribution in [1.29, 1.82) is 0 Å². The Morgan fingerprint density at radius 2 is 2.21 bits per heavy atom. The van der Waals surface area contributed by atoms with Crippen LogP contribution in [0.15, 0.2) is 0 Å². The molecule has 1 unspecified atom stereocenters. The summed E-state index contributed by atoms with van der Waals surface area (Å²) in [6.45, 7) is 1.20. The van der Waals surface area contributed by atoms with E-state index < -0.39 is 30.8 Å². The molecule has 0 spiro atoms. The maximum Gasteiger partial charge on any atom is 0.389 e. The van der Waals surface area contributed by atoms with Crippen molar-refractivity contribution < 1.29 is 22.7 Å². The molecule has 1 heterocycles. The van der Waals surface area contributed by atoms with Gasteiger partial charge in [-0.05, 0) is 0 Å². The highest BCUT2D eigenvalue weighted by atomic mass is 19.4. The summed E-state index contributed by atoms with van der Waals surface area (Å²) in [7, 11) is 0. The molecule has 0 amide bonds. The molecule has 0 aliphatic carbocycles. The number of hydrogen-bond donors (Lipinski definition) is 1. The lowest BCUT2D eigenvalue weighted by Crippen LogP contribution is -2.46. The lowest BCUT2D eigenvalue weighted by Gasteiger charge is -2.22. The molecule has 1 saturated heterocycles. The number of ketones is 1. The molecule has 82 valence electrons. The standard InChI is InChI=1S/C8H12F3NO2/c9-8(10,11)2-1-7(13)6-5-14-4-3-12-6/h6,12H,1-5H2. The first-order chi connectivity index (χ1) is 6.49. The van der Waals surface area contributed by atoms with Crippen LogP contribution in [-0.2, 0) is 9.53 Å². The normalized spacial score (nSPS) is 23.5. The molecule has 0 aromatic carbocycles. The average molecular weight is 211 g/mol. The summed E-state index contributed by atoms with van der Waals surface area (Å²) in [5.74, 6) is -0.429. The molecule has 0 radical (unpaired) electrons. The van der Waals surface area contributed by atoms with Gasteiger partial charge >= 0.3 is 6.18 Å². The van der Waals surface area contributed by atoms with Crippen molar-refractivity contribution in [2.45, 2.75) is 25.1 Å². The monoisotopic (exact) mass is 211 g/mol. The van der Waals surface area contributed by atoms with Crippen LogP contribution in [0.25, 0.3) is 0 Å². The number of carbonyl (C=O) groups is 1. The van der Waals surface area contributed by atoms with Crippen LogP contribution in [0, 0.1) is 0 Å². The second-order valence-corrected chi connectivity index (χ2v) is 3.16. The Labute approximate surface area is 79.6 Å². The van der Waals surface area contributed by atoms with Crippen molar-refractivity contribution in [3.05, 3.63) is 0 Å². The van der Waals surface area contributed by atoms with E-state index in [1.54, 1.807) is 0 Å². The Balaban J connectivity index is 2.27. The van der Waals surface area contributed by atoms with E-state index in [0.717, 1.165) is 0 Å². The molecule has 14 heavy (non-hydrogen) atoms. The number of hydrogen-bond acceptors (Lipinski definition) is 3. The predicted molar refractivity (Wildman–Crippen MR) is 42.9 cm³/mol. The summed E-state index contributed by atoms with van der Waals surface area (Å²) < 4.78 is 40.3. The van der Waals surface area contributed by atoms with E-state index in [1.807, 2.05) is 0 Å². The minimum Gasteiger partial charge on any atom is -0.378 e. The topological polar surface area (TPSA) is 38.3 Å². The number of ether oxygens (including phenoxy) is 1. The largest absolute Gasteiger partial charge is 0.389 e. The van der Waals surface area contributed by atoms with Gasteiger partial charge in [0.15, 0.2) is 5.78 Å². The van der Waals surface area contributed by atoms with E-state index in [1.165, 1.54) is 0 Å². The maximum atomic E-state index is 11.8. The van der Waals surface area contributed by atoms with Gasteiger partial charge in [-0.1, -0.05) is 0 Å². The van der Waals surface area contributed by atoms with Crippen molar-refractivity contribution in [3.63, 3.8) is 0 Å². The lowest BCUT2D eigenvalue weighted by molar-refractivity contribution is -0.145. The average Bonchev–Trinajstić information content (AvgIpc) is 2.14. The van der Waals surface area contributed by atoms with E-state index in [0.29, 0.717) is 13.2 Å². The zero-order valence-electron chi connectivity index (χ0n) is 7.56. The van der Waals surface area contributed by atoms with E-state index in [4.69, 9.17) is 4.74 Å². The number of nitrogens with one attached hydrogen (secondary N) is 1. The third kappa shape index (κ3) is 4.06. The van der Waals surface area contributed by atoms with E-state index in [-0.39, 0.29) is 6.61 Å². The summed E-state index contributed by atoms with van der Waals surface area (Å²) >= 11 is 0. The van der Waals surface area contributed by atoms with Gasteiger partial charge in [0.2, 0.25) is 0 Å². The minimum atomic E-state index is -4.26. The molecule has 1 N–H and O–H groups in total. The highest BCUT2D eigenvalue weighted by molar-refractivity contribution is 5.84. The Bertz CT molecular complexity index is 199. The molecular formula is C8H12F3NO2. The van der Waals surface area contributed by atoms with Crippen molar-refractivity contribution in [1.82, 2.24) is 5.32 Å². The van der Waals surface area contributed by atoms with Crippen LogP contribution >= 0.6 is 0 Å². The van der Waals surface area contributed by atoms with Crippen LogP contribution in [0.2, 0.25) is 0 Å². The van der Waals surface area contributed by atoms with Gasteiger partial charge in [-0.3, -0.25) is 4.79 Å². The predicted octanol–water partition coefficient (Wildman–Crippen LogP) is 0.886. The van der Waals surface area contributed by atoms with Crippen molar-refractivity contribution >= 4 is 5.78 Å². The summed E-state index contributed by atoms with van der Waals surface area (Å²) in [5.41, 5.74) is 0.